The largest absolute Gasteiger partial charge is 0.490 e. The van der Waals surface area contributed by atoms with Crippen molar-refractivity contribution in [2.75, 3.05) is 19.6 Å². The summed E-state index contributed by atoms with van der Waals surface area (Å²) in [7, 11) is 0. The Morgan fingerprint density at radius 2 is 1.92 bits per heavy atom. The normalized spacial score (nSPS) is 17.5. The molecule has 2 rings (SSSR count). The van der Waals surface area contributed by atoms with Gasteiger partial charge in [-0.3, -0.25) is 4.79 Å². The Morgan fingerprint density at radius 1 is 1.32 bits per heavy atom. The number of carbonyl (C=O) groups is 2. The highest BCUT2D eigenvalue weighted by Gasteiger charge is 2.38. The van der Waals surface area contributed by atoms with Gasteiger partial charge in [0.05, 0.1) is 0 Å². The lowest BCUT2D eigenvalue weighted by Crippen LogP contribution is -2.51. The van der Waals surface area contributed by atoms with Crippen molar-refractivity contribution < 1.29 is 27.9 Å². The van der Waals surface area contributed by atoms with Crippen molar-refractivity contribution in [2.45, 2.75) is 38.9 Å². The van der Waals surface area contributed by atoms with Gasteiger partial charge in [-0.05, 0) is 31.4 Å². The van der Waals surface area contributed by atoms with Gasteiger partial charge >= 0.3 is 12.1 Å². The summed E-state index contributed by atoms with van der Waals surface area (Å²) in [4.78, 5) is 23.0. The third-order valence-electron chi connectivity index (χ3n) is 3.83. The molecule has 25 heavy (non-hydrogen) atoms. The summed E-state index contributed by atoms with van der Waals surface area (Å²) in [5.74, 6) is -2.47. The van der Waals surface area contributed by atoms with E-state index in [1.54, 1.807) is 0 Å². The lowest BCUT2D eigenvalue weighted by Gasteiger charge is -2.32. The van der Waals surface area contributed by atoms with Gasteiger partial charge in [0.2, 0.25) is 5.91 Å². The van der Waals surface area contributed by atoms with Crippen LogP contribution in [0.3, 0.4) is 0 Å². The summed E-state index contributed by atoms with van der Waals surface area (Å²) >= 11 is 0. The number of hydrogen-bond donors (Lipinski definition) is 2. The topological polar surface area (TPSA) is 69.6 Å². The number of alkyl halides is 3. The van der Waals surface area contributed by atoms with E-state index in [2.05, 4.69) is 31.3 Å². The Labute approximate surface area is 144 Å². The molecule has 1 saturated heterocycles. The first-order chi connectivity index (χ1) is 11.6. The summed E-state index contributed by atoms with van der Waals surface area (Å²) in [6, 6.07) is 8.72. The predicted octanol–water partition coefficient (Wildman–Crippen LogP) is 2.38. The highest BCUT2D eigenvalue weighted by molar-refractivity contribution is 5.76. The molecule has 2 N–H and O–H groups in total. The number of carbonyl (C=O) groups excluding carboxylic acids is 1. The van der Waals surface area contributed by atoms with Crippen LogP contribution < -0.4 is 5.32 Å². The second kappa shape index (κ2) is 9.41. The van der Waals surface area contributed by atoms with E-state index in [9.17, 15) is 18.0 Å². The number of carboxylic acid groups (broad SMARTS) is 1. The van der Waals surface area contributed by atoms with E-state index in [1.165, 1.54) is 11.1 Å². The van der Waals surface area contributed by atoms with Crippen LogP contribution in [0.1, 0.15) is 24.5 Å². The Balaban J connectivity index is 0.000000381. The van der Waals surface area contributed by atoms with E-state index < -0.39 is 12.1 Å². The zero-order valence-electron chi connectivity index (χ0n) is 14.3. The van der Waals surface area contributed by atoms with Crippen LogP contribution in [0.15, 0.2) is 24.3 Å². The molecule has 0 bridgehead atoms. The minimum Gasteiger partial charge on any atom is -0.475 e. The number of piperazine rings is 1. The van der Waals surface area contributed by atoms with Crippen molar-refractivity contribution in [2.24, 2.45) is 0 Å². The molecule has 140 valence electrons. The second-order valence-electron chi connectivity index (χ2n) is 5.92. The maximum atomic E-state index is 12.1. The van der Waals surface area contributed by atoms with Gasteiger partial charge in [-0.15, -0.1) is 0 Å². The average molecular weight is 360 g/mol. The number of rotatable bonds is 3. The number of hydrogen-bond acceptors (Lipinski definition) is 3. The smallest absolute Gasteiger partial charge is 0.475 e. The maximum absolute atomic E-state index is 12.1. The molecule has 1 heterocycles. The minimum absolute atomic E-state index is 0.284. The first-order valence-electron chi connectivity index (χ1n) is 7.97. The van der Waals surface area contributed by atoms with Crippen molar-refractivity contribution in [1.29, 1.82) is 0 Å². The van der Waals surface area contributed by atoms with Gasteiger partial charge < -0.3 is 15.3 Å². The predicted molar refractivity (Wildman–Crippen MR) is 87.2 cm³/mol. The number of aryl methyl sites for hydroxylation is 2. The lowest BCUT2D eigenvalue weighted by molar-refractivity contribution is -0.192. The Kier molecular flexibility index (Phi) is 7.89. The van der Waals surface area contributed by atoms with Crippen molar-refractivity contribution in [3.63, 3.8) is 0 Å². The van der Waals surface area contributed by atoms with Crippen LogP contribution in [0.2, 0.25) is 0 Å². The average Bonchev–Trinajstić information content (AvgIpc) is 2.53. The summed E-state index contributed by atoms with van der Waals surface area (Å²) in [5, 5.41) is 10.5. The monoisotopic (exact) mass is 360 g/mol. The molecule has 0 radical (unpaired) electrons. The fourth-order valence-corrected chi connectivity index (χ4v) is 2.45. The van der Waals surface area contributed by atoms with Crippen LogP contribution in [-0.4, -0.2) is 53.7 Å². The fourth-order valence-electron chi connectivity index (χ4n) is 2.45. The zero-order chi connectivity index (χ0) is 19.0. The van der Waals surface area contributed by atoms with Gasteiger partial charge in [0, 0.05) is 32.1 Å². The van der Waals surface area contributed by atoms with Crippen molar-refractivity contribution in [3.05, 3.63) is 35.4 Å². The number of carboxylic acids is 1. The number of nitrogens with one attached hydrogen (secondary N) is 1. The number of benzene rings is 1. The van der Waals surface area contributed by atoms with E-state index in [-0.39, 0.29) is 5.91 Å². The van der Waals surface area contributed by atoms with Gasteiger partial charge in [-0.2, -0.15) is 13.2 Å². The molecule has 1 fully saturated rings. The standard InChI is InChI=1S/C15H22N2O.C2HF3O2/c1-12-5-3-4-6-14(12)7-8-15(18)17-10-9-16-13(2)11-17;3-2(4,5)1(6)7/h3-6,13,16H,7-11H2,1-2H3;(H,6,7)/t13-;/m1./s1. The molecule has 1 atom stereocenters. The van der Waals surface area contributed by atoms with Crippen LogP contribution in [0.25, 0.3) is 0 Å². The molecule has 1 aromatic rings. The molecule has 1 aliphatic rings. The quantitative estimate of drug-likeness (QED) is 0.868. The van der Waals surface area contributed by atoms with Crippen LogP contribution in [-0.2, 0) is 16.0 Å². The number of aliphatic carboxylic acids is 1. The molecular weight excluding hydrogens is 337 g/mol. The van der Waals surface area contributed by atoms with E-state index in [0.29, 0.717) is 12.5 Å². The third-order valence-corrected chi connectivity index (χ3v) is 3.83. The summed E-state index contributed by atoms with van der Waals surface area (Å²) in [5.41, 5.74) is 2.56. The second-order valence-corrected chi connectivity index (χ2v) is 5.92. The van der Waals surface area contributed by atoms with E-state index in [0.717, 1.165) is 26.1 Å². The highest BCUT2D eigenvalue weighted by Crippen LogP contribution is 2.13. The molecule has 0 spiro atoms. The molecule has 8 heteroatoms. The van der Waals surface area contributed by atoms with Gasteiger partial charge in [0.15, 0.2) is 0 Å². The van der Waals surface area contributed by atoms with E-state index in [1.807, 2.05) is 17.0 Å². The summed E-state index contributed by atoms with van der Waals surface area (Å²) in [6.45, 7) is 6.83. The van der Waals surface area contributed by atoms with Gasteiger partial charge in [-0.1, -0.05) is 24.3 Å². The SMILES string of the molecule is Cc1ccccc1CCC(=O)N1CCN[C@H](C)C1.O=C(O)C(F)(F)F. The summed E-state index contributed by atoms with van der Waals surface area (Å²) < 4.78 is 31.7. The van der Waals surface area contributed by atoms with Gasteiger partial charge in [0.1, 0.15) is 0 Å². The summed E-state index contributed by atoms with van der Waals surface area (Å²) in [6.07, 6.45) is -3.61. The first kappa shape index (κ1) is 21.0. The van der Waals surface area contributed by atoms with Crippen molar-refractivity contribution in [1.82, 2.24) is 10.2 Å². The molecule has 1 aromatic carbocycles. The molecule has 0 aliphatic carbocycles. The molecule has 0 saturated carbocycles. The zero-order valence-corrected chi connectivity index (χ0v) is 14.3. The van der Waals surface area contributed by atoms with Crippen LogP contribution in [0.5, 0.6) is 0 Å². The molecular formula is C17H23F3N2O3. The Bertz CT molecular complexity index is 591. The van der Waals surface area contributed by atoms with Gasteiger partial charge in [-0.25, -0.2) is 4.79 Å². The van der Waals surface area contributed by atoms with Crippen LogP contribution in [0, 0.1) is 6.92 Å². The van der Waals surface area contributed by atoms with Crippen LogP contribution >= 0.6 is 0 Å². The molecule has 0 unspecified atom stereocenters. The van der Waals surface area contributed by atoms with Gasteiger partial charge in [0.25, 0.3) is 0 Å². The highest BCUT2D eigenvalue weighted by atomic mass is 19.4. The van der Waals surface area contributed by atoms with E-state index in [4.69, 9.17) is 9.90 Å². The van der Waals surface area contributed by atoms with E-state index >= 15 is 0 Å². The maximum Gasteiger partial charge on any atom is 0.490 e. The Hall–Kier alpha value is -2.09. The molecule has 1 aliphatic heterocycles. The number of amides is 1. The van der Waals surface area contributed by atoms with Crippen molar-refractivity contribution >= 4 is 11.9 Å². The Morgan fingerprint density at radius 3 is 2.44 bits per heavy atom. The number of halogens is 3. The number of nitrogens with zero attached hydrogens (tertiary/aromatic N) is 1. The minimum atomic E-state index is -5.08. The molecule has 0 aromatic heterocycles. The van der Waals surface area contributed by atoms with Crippen molar-refractivity contribution in [3.8, 4) is 0 Å². The lowest BCUT2D eigenvalue weighted by atomic mass is 10.0. The molecule has 1 amide bonds. The third kappa shape index (κ3) is 7.55. The molecule has 5 nitrogen and oxygen atoms in total. The first-order valence-corrected chi connectivity index (χ1v) is 7.97. The van der Waals surface area contributed by atoms with Crippen LogP contribution in [0.4, 0.5) is 13.2 Å². The fraction of sp³-hybridized carbons (Fsp3) is 0.529.